The summed E-state index contributed by atoms with van der Waals surface area (Å²) in [6.07, 6.45) is 1.00. The van der Waals surface area contributed by atoms with Crippen molar-refractivity contribution in [3.63, 3.8) is 0 Å². The molecule has 0 saturated carbocycles. The molecule has 13 heteroatoms. The summed E-state index contributed by atoms with van der Waals surface area (Å²) in [6.45, 7) is 6.94. The van der Waals surface area contributed by atoms with Crippen LogP contribution in [0.1, 0.15) is 52.0 Å². The van der Waals surface area contributed by atoms with E-state index in [-0.39, 0.29) is 24.3 Å². The minimum Gasteiger partial charge on any atom is -0.481 e. The van der Waals surface area contributed by atoms with Crippen LogP contribution in [0.25, 0.3) is 0 Å². The summed E-state index contributed by atoms with van der Waals surface area (Å²) in [5.74, 6) is -3.26. The Labute approximate surface area is 199 Å². The summed E-state index contributed by atoms with van der Waals surface area (Å²) < 4.78 is 26.6. The van der Waals surface area contributed by atoms with Crippen LogP contribution in [0.3, 0.4) is 0 Å². The Balaban J connectivity index is 0. The maximum atomic E-state index is 12.1. The first-order chi connectivity index (χ1) is 15.9. The Hall–Kier alpha value is -3.19. The van der Waals surface area contributed by atoms with Gasteiger partial charge in [-0.05, 0) is 38.3 Å². The second kappa shape index (κ2) is 18.3. The van der Waals surface area contributed by atoms with Crippen molar-refractivity contribution in [1.29, 1.82) is 0 Å². The zero-order valence-electron chi connectivity index (χ0n) is 19.8. The average Bonchev–Trinajstić information content (AvgIpc) is 2.78. The van der Waals surface area contributed by atoms with Crippen LogP contribution >= 0.6 is 0 Å². The molecule has 194 valence electrons. The van der Waals surface area contributed by atoms with Gasteiger partial charge in [0.05, 0.1) is 4.90 Å². The summed E-state index contributed by atoms with van der Waals surface area (Å²) in [5.41, 5.74) is 0.938. The van der Waals surface area contributed by atoms with Gasteiger partial charge >= 0.3 is 23.9 Å². The molecule has 0 spiro atoms. The number of unbranched alkanes of at least 4 members (excludes halogenated alkanes) is 1. The van der Waals surface area contributed by atoms with Crippen LogP contribution in [0.2, 0.25) is 0 Å². The number of aliphatic carboxylic acids is 3. The van der Waals surface area contributed by atoms with Crippen LogP contribution in [-0.2, 0) is 24.4 Å². The predicted molar refractivity (Wildman–Crippen MR) is 125 cm³/mol. The van der Waals surface area contributed by atoms with E-state index >= 15 is 0 Å². The highest BCUT2D eigenvalue weighted by Gasteiger charge is 2.20. The molecule has 0 aliphatic carbocycles. The lowest BCUT2D eigenvalue weighted by molar-refractivity contribution is -0.139. The number of rotatable bonds is 12. The van der Waals surface area contributed by atoms with Gasteiger partial charge in [0.1, 0.15) is 12.6 Å². The van der Waals surface area contributed by atoms with Crippen LogP contribution in [0.4, 0.5) is 4.79 Å². The van der Waals surface area contributed by atoms with Crippen LogP contribution < -0.4 is 15.4 Å². The number of carboxylic acids is 3. The van der Waals surface area contributed by atoms with Crippen LogP contribution in [0.15, 0.2) is 29.2 Å². The van der Waals surface area contributed by atoms with Gasteiger partial charge in [0.15, 0.2) is 0 Å². The van der Waals surface area contributed by atoms with E-state index in [1.807, 2.05) is 26.1 Å². The molecule has 1 aromatic rings. The number of carbonyl (C=O) groups is 4. The third kappa shape index (κ3) is 16.4. The molecule has 0 aromatic heterocycles. The molecule has 2 amide bonds. The van der Waals surface area contributed by atoms with Crippen LogP contribution in [0.5, 0.6) is 0 Å². The van der Waals surface area contributed by atoms with E-state index in [0.29, 0.717) is 12.8 Å². The first-order valence-electron chi connectivity index (χ1n) is 10.7. The molecule has 0 aliphatic heterocycles. The smallest absolute Gasteiger partial charge is 0.326 e. The number of benzene rings is 1. The monoisotopic (exact) mass is 505 g/mol. The number of urea groups is 1. The molecule has 0 bridgehead atoms. The first-order valence-corrected chi connectivity index (χ1v) is 12.1. The van der Waals surface area contributed by atoms with E-state index in [2.05, 4.69) is 10.0 Å². The molecule has 0 heterocycles. The highest BCUT2D eigenvalue weighted by atomic mass is 32.2. The molecule has 34 heavy (non-hydrogen) atoms. The van der Waals surface area contributed by atoms with E-state index in [9.17, 15) is 27.6 Å². The van der Waals surface area contributed by atoms with Gasteiger partial charge in [-0.2, -0.15) is 0 Å². The summed E-state index contributed by atoms with van der Waals surface area (Å²) >= 11 is 0. The molecule has 1 rings (SSSR count). The summed E-state index contributed by atoms with van der Waals surface area (Å²) in [6, 6.07) is 4.27. The van der Waals surface area contributed by atoms with Gasteiger partial charge in [0.25, 0.3) is 0 Å². The maximum Gasteiger partial charge on any atom is 0.326 e. The summed E-state index contributed by atoms with van der Waals surface area (Å²) in [4.78, 5) is 42.4. The van der Waals surface area contributed by atoms with Crippen molar-refractivity contribution >= 4 is 34.0 Å². The Morgan fingerprint density at radius 3 is 1.91 bits per heavy atom. The van der Waals surface area contributed by atoms with Crippen molar-refractivity contribution in [3.8, 4) is 0 Å². The molecule has 1 aromatic carbocycles. The van der Waals surface area contributed by atoms with Gasteiger partial charge in [0, 0.05) is 13.0 Å². The van der Waals surface area contributed by atoms with Gasteiger partial charge in [-0.25, -0.2) is 22.7 Å². The number of hydrogen-bond acceptors (Lipinski definition) is 6. The summed E-state index contributed by atoms with van der Waals surface area (Å²) in [5, 5.41) is 29.4. The zero-order chi connectivity index (χ0) is 26.7. The largest absolute Gasteiger partial charge is 0.481 e. The number of aryl methyl sites for hydroxylation is 1. The second-order valence-corrected chi connectivity index (χ2v) is 8.33. The fourth-order valence-corrected chi connectivity index (χ4v) is 3.18. The van der Waals surface area contributed by atoms with Crippen molar-refractivity contribution in [3.05, 3.63) is 29.8 Å². The van der Waals surface area contributed by atoms with E-state index in [1.165, 1.54) is 12.1 Å². The van der Waals surface area contributed by atoms with Crippen LogP contribution in [0, 0.1) is 6.92 Å². The fraction of sp³-hybridized carbons (Fsp3) is 0.524. The number of hydrogen-bond donors (Lipinski definition) is 6. The van der Waals surface area contributed by atoms with E-state index in [0.717, 1.165) is 5.56 Å². The summed E-state index contributed by atoms with van der Waals surface area (Å²) in [7, 11) is -3.63. The van der Waals surface area contributed by atoms with E-state index in [1.54, 1.807) is 19.1 Å². The quantitative estimate of drug-likeness (QED) is 0.229. The van der Waals surface area contributed by atoms with Gasteiger partial charge in [0.2, 0.25) is 10.0 Å². The Kier molecular flexibility index (Phi) is 17.7. The van der Waals surface area contributed by atoms with E-state index in [4.69, 9.17) is 15.3 Å². The van der Waals surface area contributed by atoms with Crippen molar-refractivity contribution in [1.82, 2.24) is 15.4 Å². The SMILES string of the molecule is CC.CCC(=O)O.Cc1ccc(S(=O)(=O)NCCCCC(NC(=O)NCC(=O)O)C(=O)O)cc1. The Morgan fingerprint density at radius 2 is 1.47 bits per heavy atom. The molecule has 0 aliphatic rings. The molecule has 1 atom stereocenters. The topological polar surface area (TPSA) is 199 Å². The van der Waals surface area contributed by atoms with Gasteiger partial charge in [-0.15, -0.1) is 0 Å². The molecule has 6 N–H and O–H groups in total. The standard InChI is InChI=1S/C16H23N3O7S.C3H6O2.C2H6/c1-11-5-7-12(8-6-11)27(25,26)18-9-3-2-4-13(15(22)23)19-16(24)17-10-14(20)21;1-2-3(4)5;1-2/h5-8,13,18H,2-4,9-10H2,1H3,(H,20,21)(H,22,23)(H2,17,19,24);2H2,1H3,(H,4,5);1-2H3. The predicted octanol–water partition coefficient (Wildman–Crippen LogP) is 1.79. The molecule has 0 fully saturated rings. The normalized spacial score (nSPS) is 10.9. The van der Waals surface area contributed by atoms with Crippen LogP contribution in [-0.4, -0.2) is 66.8 Å². The highest BCUT2D eigenvalue weighted by Crippen LogP contribution is 2.10. The van der Waals surface area contributed by atoms with Crippen molar-refractivity contribution in [2.45, 2.75) is 64.3 Å². The third-order valence-electron chi connectivity index (χ3n) is 3.85. The highest BCUT2D eigenvalue weighted by molar-refractivity contribution is 7.89. The molecule has 12 nitrogen and oxygen atoms in total. The lowest BCUT2D eigenvalue weighted by Gasteiger charge is -2.14. The first kappa shape index (κ1) is 33.0. The maximum absolute atomic E-state index is 12.1. The number of carboxylic acid groups (broad SMARTS) is 3. The second-order valence-electron chi connectivity index (χ2n) is 6.57. The molecule has 0 saturated heterocycles. The van der Waals surface area contributed by atoms with Crippen molar-refractivity contribution in [2.75, 3.05) is 13.1 Å². The molecular weight excluding hydrogens is 470 g/mol. The van der Waals surface area contributed by atoms with Crippen molar-refractivity contribution in [2.24, 2.45) is 0 Å². The lowest BCUT2D eigenvalue weighted by Crippen LogP contribution is -2.47. The molecule has 0 radical (unpaired) electrons. The van der Waals surface area contributed by atoms with Gasteiger partial charge < -0.3 is 26.0 Å². The molecule has 1 unspecified atom stereocenters. The Bertz CT molecular complexity index is 872. The number of sulfonamides is 1. The van der Waals surface area contributed by atoms with Crippen molar-refractivity contribution < 1.29 is 42.9 Å². The van der Waals surface area contributed by atoms with Gasteiger partial charge in [-0.3, -0.25) is 9.59 Å². The zero-order valence-corrected chi connectivity index (χ0v) is 20.6. The molecular formula is C21H35N3O9S. The average molecular weight is 506 g/mol. The lowest BCUT2D eigenvalue weighted by atomic mass is 10.1. The van der Waals surface area contributed by atoms with Gasteiger partial charge in [-0.1, -0.05) is 38.5 Å². The number of nitrogens with one attached hydrogen (secondary N) is 3. The fourth-order valence-electron chi connectivity index (χ4n) is 2.10. The Morgan fingerprint density at radius 1 is 0.941 bits per heavy atom. The number of carbonyl (C=O) groups excluding carboxylic acids is 1. The number of amides is 2. The minimum atomic E-state index is -3.63. The third-order valence-corrected chi connectivity index (χ3v) is 5.33. The minimum absolute atomic E-state index is 0.0715. The van der Waals surface area contributed by atoms with E-state index < -0.39 is 46.5 Å².